The zero-order valence-corrected chi connectivity index (χ0v) is 30.5. The summed E-state index contributed by atoms with van der Waals surface area (Å²) in [5, 5.41) is 32.9. The van der Waals surface area contributed by atoms with Gasteiger partial charge >= 0.3 is 11.9 Å². The largest absolute Gasteiger partial charge is 0.480 e. The first-order valence-electron chi connectivity index (χ1n) is 18.8. The fourth-order valence-electron chi connectivity index (χ4n) is 13.9. The predicted molar refractivity (Wildman–Crippen MR) is 177 cm³/mol. The second-order valence-corrected chi connectivity index (χ2v) is 18.8. The zero-order chi connectivity index (χ0) is 34.8. The number of nitrogens with zero attached hydrogens (tertiary/aromatic N) is 1. The predicted octanol–water partition coefficient (Wildman–Crippen LogP) is 4.63. The van der Waals surface area contributed by atoms with Gasteiger partial charge in [-0.25, -0.2) is 0 Å². The molecule has 7 fully saturated rings. The van der Waals surface area contributed by atoms with Crippen molar-refractivity contribution in [3.63, 3.8) is 0 Å². The Bertz CT molecular complexity index is 1300. The number of fused-ring (bicyclic) bond motifs is 4. The summed E-state index contributed by atoms with van der Waals surface area (Å²) in [5.41, 5.74) is -1.28. The van der Waals surface area contributed by atoms with Gasteiger partial charge in [0.15, 0.2) is 12.4 Å². The molecule has 2 aliphatic heterocycles. The van der Waals surface area contributed by atoms with Crippen LogP contribution in [0.4, 0.5) is 0 Å². The molecule has 0 aromatic rings. The number of ether oxygens (including phenoxy) is 4. The Morgan fingerprint density at radius 1 is 1.04 bits per heavy atom. The number of esters is 1. The number of aliphatic hydroxyl groups is 2. The topological polar surface area (TPSA) is 135 Å². The first-order chi connectivity index (χ1) is 22.3. The van der Waals surface area contributed by atoms with Crippen molar-refractivity contribution in [2.45, 2.75) is 149 Å². The molecule has 0 radical (unpaired) electrons. The van der Waals surface area contributed by atoms with E-state index < -0.39 is 42.1 Å². The second-order valence-electron chi connectivity index (χ2n) is 18.8. The average molecular weight is 676 g/mol. The Kier molecular flexibility index (Phi) is 8.30. The molecule has 2 unspecified atom stereocenters. The molecular formula is C38H61NO9. The molecule has 5 saturated carbocycles. The summed E-state index contributed by atoms with van der Waals surface area (Å²) in [4.78, 5) is 25.3. The maximum atomic E-state index is 12.5. The number of carboxylic acid groups (broad SMARTS) is 1. The molecule has 2 spiro atoms. The van der Waals surface area contributed by atoms with E-state index in [1.54, 1.807) is 13.8 Å². The average Bonchev–Trinajstić information content (AvgIpc) is 3.61. The summed E-state index contributed by atoms with van der Waals surface area (Å²) in [7, 11) is 0. The minimum atomic E-state index is -1.27. The molecule has 2 saturated heterocycles. The monoisotopic (exact) mass is 675 g/mol. The van der Waals surface area contributed by atoms with Gasteiger partial charge in [0.1, 0.15) is 0 Å². The van der Waals surface area contributed by atoms with Gasteiger partial charge in [0.25, 0.3) is 0 Å². The summed E-state index contributed by atoms with van der Waals surface area (Å²) < 4.78 is 25.2. The first kappa shape index (κ1) is 35.1. The van der Waals surface area contributed by atoms with Crippen molar-refractivity contribution in [3.05, 3.63) is 0 Å². The van der Waals surface area contributed by atoms with Gasteiger partial charge in [0.05, 0.1) is 49.7 Å². The third-order valence-electron chi connectivity index (χ3n) is 15.9. The standard InChI is InChI=1S/C38H61NO9/c1-21-17-23(32(34(5,6)44)46-22(2)40)47-30-29(21)35(7)13-14-38-20-37(38)12-11-26(48-28-19-39(15-16-45-28)18-27(41)42)33(3,4)24(37)9-10-25(38)36(35,8)31(30)43/h21,23-26,28-32,43-44H,9-20H2,1-8H3,(H,41,42)/t21-,23-,24+,25+,26+,28+,29?,30?,31+,32+,35-,36-,37-,38+/m1/s1. The van der Waals surface area contributed by atoms with E-state index in [2.05, 4.69) is 34.6 Å². The van der Waals surface area contributed by atoms with E-state index in [9.17, 15) is 24.9 Å². The van der Waals surface area contributed by atoms with Gasteiger partial charge in [0.2, 0.25) is 0 Å². The summed E-state index contributed by atoms with van der Waals surface area (Å²) in [6, 6.07) is 0. The lowest BCUT2D eigenvalue weighted by molar-refractivity contribution is -0.248. The van der Waals surface area contributed by atoms with Crippen LogP contribution in [0.25, 0.3) is 0 Å². The SMILES string of the molecule is CC(=O)O[C@@H]([C@H]1C[C@@H](C)C2C(O1)[C@H](O)[C@@]1(C)[C@@H]3CC[C@H]4C(C)(C)[C@@H](O[C@H]5CN(CC(=O)O)CCO5)CC[C@@]45C[C@@]35CC[C@]21C)C(C)(C)O. The van der Waals surface area contributed by atoms with Gasteiger partial charge in [-0.15, -0.1) is 0 Å². The van der Waals surface area contributed by atoms with E-state index in [-0.39, 0.29) is 57.7 Å². The highest BCUT2D eigenvalue weighted by Crippen LogP contribution is 2.89. The van der Waals surface area contributed by atoms with Crippen LogP contribution in [0.5, 0.6) is 0 Å². The van der Waals surface area contributed by atoms with Crippen LogP contribution < -0.4 is 0 Å². The fourth-order valence-corrected chi connectivity index (χ4v) is 13.9. The van der Waals surface area contributed by atoms with Crippen molar-refractivity contribution in [3.8, 4) is 0 Å². The third-order valence-corrected chi connectivity index (χ3v) is 15.9. The summed E-state index contributed by atoms with van der Waals surface area (Å²) in [6.07, 6.45) is 5.77. The molecule has 7 rings (SSSR count). The molecule has 7 aliphatic rings. The molecule has 0 aromatic carbocycles. The van der Waals surface area contributed by atoms with Crippen molar-refractivity contribution in [2.24, 2.45) is 50.7 Å². The molecular weight excluding hydrogens is 614 g/mol. The van der Waals surface area contributed by atoms with E-state index in [0.717, 1.165) is 32.1 Å². The van der Waals surface area contributed by atoms with Crippen molar-refractivity contribution < 1.29 is 43.9 Å². The Labute approximate surface area is 286 Å². The first-order valence-corrected chi connectivity index (χ1v) is 18.8. The van der Waals surface area contributed by atoms with Gasteiger partial charge in [-0.05, 0) is 111 Å². The number of aliphatic hydroxyl groups excluding tert-OH is 1. The number of carbonyl (C=O) groups is 2. The fraction of sp³-hybridized carbons (Fsp3) is 0.947. The normalized spacial score (nSPS) is 50.2. The maximum absolute atomic E-state index is 12.5. The molecule has 2 heterocycles. The van der Waals surface area contributed by atoms with Gasteiger partial charge in [-0.1, -0.05) is 34.6 Å². The van der Waals surface area contributed by atoms with E-state index in [4.69, 9.17) is 18.9 Å². The molecule has 14 atom stereocenters. The van der Waals surface area contributed by atoms with Gasteiger partial charge in [-0.2, -0.15) is 0 Å². The Morgan fingerprint density at radius 3 is 2.40 bits per heavy atom. The molecule has 10 nitrogen and oxygen atoms in total. The highest BCUT2D eigenvalue weighted by Gasteiger charge is 2.84. The summed E-state index contributed by atoms with van der Waals surface area (Å²) in [5.74, 6) is 0.0872. The third kappa shape index (κ3) is 4.85. The lowest BCUT2D eigenvalue weighted by atomic mass is 9.41. The van der Waals surface area contributed by atoms with Crippen LogP contribution in [-0.4, -0.2) is 101 Å². The van der Waals surface area contributed by atoms with E-state index >= 15 is 0 Å². The number of rotatable bonds is 7. The number of hydrogen-bond donors (Lipinski definition) is 3. The minimum absolute atomic E-state index is 0.00878. The lowest BCUT2D eigenvalue weighted by Gasteiger charge is -2.64. The highest BCUT2D eigenvalue weighted by atomic mass is 16.7. The Balaban J connectivity index is 1.12. The molecule has 272 valence electrons. The minimum Gasteiger partial charge on any atom is -0.480 e. The Hall–Kier alpha value is -1.30. The van der Waals surface area contributed by atoms with Crippen LogP contribution in [0.1, 0.15) is 107 Å². The number of carbonyl (C=O) groups excluding carboxylic acids is 1. The van der Waals surface area contributed by atoms with Crippen molar-refractivity contribution in [1.82, 2.24) is 4.90 Å². The number of carboxylic acids is 1. The summed E-state index contributed by atoms with van der Waals surface area (Å²) >= 11 is 0. The number of aliphatic carboxylic acids is 1. The zero-order valence-electron chi connectivity index (χ0n) is 30.5. The second kappa shape index (κ2) is 11.3. The van der Waals surface area contributed by atoms with E-state index in [1.165, 1.54) is 19.8 Å². The Morgan fingerprint density at radius 2 is 1.73 bits per heavy atom. The lowest BCUT2D eigenvalue weighted by Crippen LogP contribution is -2.60. The van der Waals surface area contributed by atoms with E-state index in [1.807, 2.05) is 4.90 Å². The van der Waals surface area contributed by atoms with Gasteiger partial charge in [0, 0.05) is 18.9 Å². The van der Waals surface area contributed by atoms with Crippen LogP contribution in [0.15, 0.2) is 0 Å². The van der Waals surface area contributed by atoms with Crippen LogP contribution in [0, 0.1) is 50.7 Å². The van der Waals surface area contributed by atoms with Gasteiger partial charge < -0.3 is 34.3 Å². The van der Waals surface area contributed by atoms with Crippen molar-refractivity contribution in [1.29, 1.82) is 0 Å². The highest BCUT2D eigenvalue weighted by molar-refractivity contribution is 5.69. The number of hydrogen-bond acceptors (Lipinski definition) is 9. The maximum Gasteiger partial charge on any atom is 0.317 e. The summed E-state index contributed by atoms with van der Waals surface area (Å²) in [6.45, 7) is 18.1. The van der Waals surface area contributed by atoms with Gasteiger partial charge in [-0.3, -0.25) is 14.5 Å². The van der Waals surface area contributed by atoms with Crippen LogP contribution in [0.2, 0.25) is 0 Å². The smallest absolute Gasteiger partial charge is 0.317 e. The van der Waals surface area contributed by atoms with Crippen LogP contribution >= 0.6 is 0 Å². The quantitative estimate of drug-likeness (QED) is 0.328. The molecule has 10 heteroatoms. The van der Waals surface area contributed by atoms with Crippen LogP contribution in [-0.2, 0) is 28.5 Å². The molecule has 48 heavy (non-hydrogen) atoms. The molecule has 0 amide bonds. The van der Waals surface area contributed by atoms with Crippen molar-refractivity contribution >= 4 is 11.9 Å². The molecule has 0 aromatic heterocycles. The van der Waals surface area contributed by atoms with Crippen LogP contribution in [0.3, 0.4) is 0 Å². The molecule has 5 aliphatic carbocycles. The van der Waals surface area contributed by atoms with Crippen molar-refractivity contribution in [2.75, 3.05) is 26.2 Å². The molecule has 3 N–H and O–H groups in total. The number of morpholine rings is 1. The van der Waals surface area contributed by atoms with E-state index in [0.29, 0.717) is 38.0 Å². The molecule has 0 bridgehead atoms.